The molecule has 4 saturated carbocycles. The number of ketones is 1. The number of carbonyl (C=O) groups excluding carboxylic acids is 1. The van der Waals surface area contributed by atoms with Gasteiger partial charge in [-0.3, -0.25) is 4.79 Å². The summed E-state index contributed by atoms with van der Waals surface area (Å²) in [5, 5.41) is 0. The van der Waals surface area contributed by atoms with Crippen LogP contribution in [0.5, 0.6) is 0 Å². The second-order valence-electron chi connectivity index (χ2n) is 9.99. The Bertz CT molecular complexity index is 487. The first-order chi connectivity index (χ1) is 14.2. The molecule has 0 aromatic carbocycles. The molecule has 5 aliphatic rings. The molecular formula is C24H40O5. The lowest BCUT2D eigenvalue weighted by molar-refractivity contribution is -0.184. The molecule has 0 amide bonds. The Labute approximate surface area is 176 Å². The lowest BCUT2D eigenvalue weighted by Crippen LogP contribution is -2.36. The zero-order valence-electron chi connectivity index (χ0n) is 18.1. The molecule has 0 aromatic heterocycles. The van der Waals surface area contributed by atoms with E-state index < -0.39 is 0 Å². The van der Waals surface area contributed by atoms with E-state index in [1.165, 1.54) is 38.5 Å². The summed E-state index contributed by atoms with van der Waals surface area (Å²) in [6.07, 6.45) is 13.7. The highest BCUT2D eigenvalue weighted by Crippen LogP contribution is 2.38. The van der Waals surface area contributed by atoms with Gasteiger partial charge in [0.15, 0.2) is 5.79 Å². The molecule has 1 saturated heterocycles. The molecule has 1 heterocycles. The molecule has 1 spiro atoms. The standard InChI is InChI=1S/C13H22O3.C11H18O2/c1-2-11(1)9-14-10-12-3-5-13(6-4-12)15-7-8-16-13;12-11-5-3-10(4-6-11)8-13-7-9-1-2-9/h11-12H,1-10H2;9-10H,1-8H2. The summed E-state index contributed by atoms with van der Waals surface area (Å²) in [5.41, 5.74) is 0. The van der Waals surface area contributed by atoms with E-state index >= 15 is 0 Å². The molecule has 5 nitrogen and oxygen atoms in total. The molecule has 5 fully saturated rings. The highest BCUT2D eigenvalue weighted by molar-refractivity contribution is 5.79. The Morgan fingerprint density at radius 2 is 1.07 bits per heavy atom. The van der Waals surface area contributed by atoms with Gasteiger partial charge in [0.05, 0.1) is 13.2 Å². The Kier molecular flexibility index (Phi) is 8.02. The van der Waals surface area contributed by atoms with E-state index in [1.807, 2.05) is 0 Å². The summed E-state index contributed by atoms with van der Waals surface area (Å²) in [4.78, 5) is 11.0. The third-order valence-electron chi connectivity index (χ3n) is 7.15. The van der Waals surface area contributed by atoms with Crippen molar-refractivity contribution >= 4 is 5.78 Å². The molecule has 5 heteroatoms. The molecule has 0 radical (unpaired) electrons. The van der Waals surface area contributed by atoms with Gasteiger partial charge in [-0.25, -0.2) is 0 Å². The van der Waals surface area contributed by atoms with Crippen LogP contribution in [-0.2, 0) is 23.7 Å². The van der Waals surface area contributed by atoms with E-state index in [9.17, 15) is 4.79 Å². The number of rotatable bonds is 8. The van der Waals surface area contributed by atoms with Gasteiger partial charge in [0.1, 0.15) is 5.78 Å². The second-order valence-corrected chi connectivity index (χ2v) is 9.99. The Hall–Kier alpha value is -0.490. The van der Waals surface area contributed by atoms with Crippen LogP contribution in [0.2, 0.25) is 0 Å². The summed E-state index contributed by atoms with van der Waals surface area (Å²) in [7, 11) is 0. The van der Waals surface area contributed by atoms with Crippen molar-refractivity contribution < 1.29 is 23.7 Å². The molecule has 166 valence electrons. The van der Waals surface area contributed by atoms with E-state index in [0.29, 0.717) is 11.7 Å². The van der Waals surface area contributed by atoms with Gasteiger partial charge >= 0.3 is 0 Å². The summed E-state index contributed by atoms with van der Waals surface area (Å²) in [6, 6.07) is 0. The average Bonchev–Trinajstić information content (AvgIpc) is 3.67. The first-order valence-corrected chi connectivity index (χ1v) is 12.2. The summed E-state index contributed by atoms with van der Waals surface area (Å²) < 4.78 is 22.8. The number of hydrogen-bond donors (Lipinski definition) is 0. The minimum atomic E-state index is -0.201. The Morgan fingerprint density at radius 1 is 0.655 bits per heavy atom. The average molecular weight is 409 g/mol. The minimum absolute atomic E-state index is 0.201. The van der Waals surface area contributed by atoms with Gasteiger partial charge in [0.25, 0.3) is 0 Å². The predicted molar refractivity (Wildman–Crippen MR) is 111 cm³/mol. The van der Waals surface area contributed by atoms with Crippen molar-refractivity contribution in [1.82, 2.24) is 0 Å². The number of hydrogen-bond acceptors (Lipinski definition) is 5. The third kappa shape index (κ3) is 7.61. The van der Waals surface area contributed by atoms with Crippen LogP contribution in [0.15, 0.2) is 0 Å². The fourth-order valence-electron chi connectivity index (χ4n) is 4.61. The van der Waals surface area contributed by atoms with Gasteiger partial charge < -0.3 is 18.9 Å². The molecule has 0 unspecified atom stereocenters. The molecule has 1 aliphatic heterocycles. The van der Waals surface area contributed by atoms with Crippen molar-refractivity contribution in [3.05, 3.63) is 0 Å². The highest BCUT2D eigenvalue weighted by Gasteiger charge is 2.40. The summed E-state index contributed by atoms with van der Waals surface area (Å²) in [5.74, 6) is 3.39. The van der Waals surface area contributed by atoms with E-state index in [-0.39, 0.29) is 5.79 Å². The van der Waals surface area contributed by atoms with E-state index in [0.717, 1.165) is 95.9 Å². The van der Waals surface area contributed by atoms with E-state index in [2.05, 4.69) is 0 Å². The normalized spacial score (nSPS) is 27.8. The van der Waals surface area contributed by atoms with Gasteiger partial charge in [0.2, 0.25) is 0 Å². The first kappa shape index (κ1) is 21.7. The molecule has 0 atom stereocenters. The highest BCUT2D eigenvalue weighted by atomic mass is 16.7. The van der Waals surface area contributed by atoms with E-state index in [4.69, 9.17) is 18.9 Å². The molecule has 0 aromatic rings. The quantitative estimate of drug-likeness (QED) is 0.591. The second kappa shape index (κ2) is 10.7. The minimum Gasteiger partial charge on any atom is -0.381 e. The van der Waals surface area contributed by atoms with Crippen LogP contribution in [0, 0.1) is 23.7 Å². The van der Waals surface area contributed by atoms with Gasteiger partial charge in [-0.05, 0) is 75.0 Å². The molecule has 5 rings (SSSR count). The fraction of sp³-hybridized carbons (Fsp3) is 0.958. The maximum Gasteiger partial charge on any atom is 0.168 e. The number of ether oxygens (including phenoxy) is 4. The van der Waals surface area contributed by atoms with Crippen LogP contribution in [0.4, 0.5) is 0 Å². The maximum absolute atomic E-state index is 11.0. The molecule has 0 bridgehead atoms. The van der Waals surface area contributed by atoms with Crippen molar-refractivity contribution in [1.29, 1.82) is 0 Å². The number of carbonyl (C=O) groups is 1. The molecular weight excluding hydrogens is 368 g/mol. The largest absolute Gasteiger partial charge is 0.381 e. The van der Waals surface area contributed by atoms with Gasteiger partial charge in [-0.2, -0.15) is 0 Å². The Balaban J connectivity index is 0.000000145. The number of Topliss-reactive ketones (excluding diaryl/α,β-unsaturated/α-hetero) is 1. The Morgan fingerprint density at radius 3 is 1.52 bits per heavy atom. The summed E-state index contributed by atoms with van der Waals surface area (Å²) in [6.45, 7) is 5.36. The maximum atomic E-state index is 11.0. The molecule has 4 aliphatic carbocycles. The van der Waals surface area contributed by atoms with Crippen LogP contribution < -0.4 is 0 Å². The predicted octanol–water partition coefficient (Wildman–Crippen LogP) is 4.52. The van der Waals surface area contributed by atoms with Crippen molar-refractivity contribution in [3.8, 4) is 0 Å². The van der Waals surface area contributed by atoms with Crippen molar-refractivity contribution in [2.45, 2.75) is 82.8 Å². The lowest BCUT2D eigenvalue weighted by Gasteiger charge is -2.35. The lowest BCUT2D eigenvalue weighted by atomic mass is 9.85. The van der Waals surface area contributed by atoms with Gasteiger partial charge in [-0.1, -0.05) is 0 Å². The van der Waals surface area contributed by atoms with Crippen molar-refractivity contribution in [2.75, 3.05) is 39.6 Å². The third-order valence-corrected chi connectivity index (χ3v) is 7.15. The van der Waals surface area contributed by atoms with Crippen LogP contribution in [-0.4, -0.2) is 51.2 Å². The van der Waals surface area contributed by atoms with E-state index in [1.54, 1.807) is 0 Å². The smallest absolute Gasteiger partial charge is 0.168 e. The SMILES string of the molecule is C1COC2(CCC(COCC3CC3)CC2)O1.O=C1CCC(COCC2CC2)CC1. The van der Waals surface area contributed by atoms with Crippen LogP contribution >= 0.6 is 0 Å². The molecule has 0 N–H and O–H groups in total. The van der Waals surface area contributed by atoms with Crippen molar-refractivity contribution in [2.24, 2.45) is 23.7 Å². The van der Waals surface area contributed by atoms with Crippen LogP contribution in [0.3, 0.4) is 0 Å². The van der Waals surface area contributed by atoms with Crippen LogP contribution in [0.25, 0.3) is 0 Å². The summed E-state index contributed by atoms with van der Waals surface area (Å²) >= 11 is 0. The zero-order chi connectivity index (χ0) is 19.9. The van der Waals surface area contributed by atoms with Gasteiger partial charge in [-0.15, -0.1) is 0 Å². The monoisotopic (exact) mass is 408 g/mol. The van der Waals surface area contributed by atoms with Crippen molar-refractivity contribution in [3.63, 3.8) is 0 Å². The molecule has 29 heavy (non-hydrogen) atoms. The van der Waals surface area contributed by atoms with Crippen LogP contribution in [0.1, 0.15) is 77.0 Å². The first-order valence-electron chi connectivity index (χ1n) is 12.2. The van der Waals surface area contributed by atoms with Gasteiger partial charge in [0, 0.05) is 52.1 Å². The fourth-order valence-corrected chi connectivity index (χ4v) is 4.61. The topological polar surface area (TPSA) is 54.0 Å². The zero-order valence-corrected chi connectivity index (χ0v) is 18.1.